The van der Waals surface area contributed by atoms with E-state index in [2.05, 4.69) is 0 Å². The molecule has 0 radical (unpaired) electrons. The molecule has 2 nitrogen and oxygen atoms in total. The SMILES string of the molecule is O=S([O-])c1cccc2c1-c1ccccc1-2. The first-order valence-corrected chi connectivity index (χ1v) is 5.68. The third kappa shape index (κ3) is 1.11. The summed E-state index contributed by atoms with van der Waals surface area (Å²) in [6, 6.07) is 13.2. The monoisotopic (exact) mass is 215 g/mol. The minimum Gasteiger partial charge on any atom is -0.768 e. The van der Waals surface area contributed by atoms with Crippen LogP contribution in [-0.2, 0) is 11.1 Å². The number of benzene rings is 2. The molecule has 0 fully saturated rings. The molecule has 0 N–H and O–H groups in total. The molecule has 2 aromatic rings. The Bertz CT molecular complexity index is 576. The van der Waals surface area contributed by atoms with Gasteiger partial charge in [-0.3, -0.25) is 4.21 Å². The lowest BCUT2D eigenvalue weighted by Gasteiger charge is -2.27. The molecule has 0 saturated heterocycles. The van der Waals surface area contributed by atoms with Crippen molar-refractivity contribution in [2.75, 3.05) is 0 Å². The van der Waals surface area contributed by atoms with Crippen molar-refractivity contribution in [3.63, 3.8) is 0 Å². The summed E-state index contributed by atoms with van der Waals surface area (Å²) in [6.45, 7) is 0. The van der Waals surface area contributed by atoms with Gasteiger partial charge in [-0.2, -0.15) is 0 Å². The number of rotatable bonds is 1. The van der Waals surface area contributed by atoms with Crippen molar-refractivity contribution < 1.29 is 8.76 Å². The fourth-order valence-corrected chi connectivity index (χ4v) is 2.62. The number of hydrogen-bond donors (Lipinski definition) is 0. The third-order valence-corrected chi connectivity index (χ3v) is 3.39. The zero-order chi connectivity index (χ0) is 10.4. The van der Waals surface area contributed by atoms with E-state index in [0.717, 1.165) is 22.3 Å². The second-order valence-corrected chi connectivity index (χ2v) is 4.37. The van der Waals surface area contributed by atoms with Gasteiger partial charge in [0.05, 0.1) is 0 Å². The predicted octanol–water partition coefficient (Wildman–Crippen LogP) is 2.57. The molecular weight excluding hydrogens is 208 g/mol. The molecule has 0 aliphatic heterocycles. The minimum atomic E-state index is -2.16. The minimum absolute atomic E-state index is 0.395. The Kier molecular flexibility index (Phi) is 1.78. The van der Waals surface area contributed by atoms with E-state index in [1.807, 2.05) is 30.3 Å². The summed E-state index contributed by atoms with van der Waals surface area (Å²) in [7, 11) is 0. The third-order valence-electron chi connectivity index (χ3n) is 2.69. The van der Waals surface area contributed by atoms with Gasteiger partial charge in [0, 0.05) is 10.5 Å². The summed E-state index contributed by atoms with van der Waals surface area (Å²) in [5, 5.41) is 0. The first kappa shape index (κ1) is 8.83. The lowest BCUT2D eigenvalue weighted by molar-refractivity contribution is 0.537. The Morgan fingerprint density at radius 1 is 0.867 bits per heavy atom. The lowest BCUT2D eigenvalue weighted by Crippen LogP contribution is -2.03. The van der Waals surface area contributed by atoms with Crippen molar-refractivity contribution in [3.8, 4) is 22.3 Å². The molecule has 1 aliphatic rings. The zero-order valence-electron chi connectivity index (χ0n) is 7.77. The average Bonchev–Trinajstić information content (AvgIpc) is 2.24. The first-order chi connectivity index (χ1) is 7.29. The van der Waals surface area contributed by atoms with Gasteiger partial charge in [-0.05, 0) is 33.8 Å². The molecule has 0 bridgehead atoms. The Balaban J connectivity index is 2.30. The van der Waals surface area contributed by atoms with Gasteiger partial charge in [-0.25, -0.2) is 0 Å². The van der Waals surface area contributed by atoms with E-state index in [1.54, 1.807) is 12.1 Å². The second kappa shape index (κ2) is 3.02. The summed E-state index contributed by atoms with van der Waals surface area (Å²) in [6.07, 6.45) is 0. The van der Waals surface area contributed by atoms with E-state index >= 15 is 0 Å². The molecular formula is C12H7O2S-. The van der Waals surface area contributed by atoms with Crippen LogP contribution in [0.15, 0.2) is 47.4 Å². The summed E-state index contributed by atoms with van der Waals surface area (Å²) < 4.78 is 22.0. The van der Waals surface area contributed by atoms with Gasteiger partial charge < -0.3 is 4.55 Å². The van der Waals surface area contributed by atoms with Crippen molar-refractivity contribution in [3.05, 3.63) is 42.5 Å². The van der Waals surface area contributed by atoms with Crippen LogP contribution in [0.2, 0.25) is 0 Å². The van der Waals surface area contributed by atoms with Crippen molar-refractivity contribution in [1.29, 1.82) is 0 Å². The van der Waals surface area contributed by atoms with E-state index in [4.69, 9.17) is 0 Å². The van der Waals surface area contributed by atoms with Gasteiger partial charge in [0.1, 0.15) is 0 Å². The summed E-state index contributed by atoms with van der Waals surface area (Å²) in [5.74, 6) is 0. The molecule has 1 atom stereocenters. The molecule has 74 valence electrons. The highest BCUT2D eigenvalue weighted by atomic mass is 32.2. The van der Waals surface area contributed by atoms with E-state index in [-0.39, 0.29) is 0 Å². The standard InChI is InChI=1S/C12H8O2S/c13-15(14)11-7-3-6-10-8-4-1-2-5-9(8)12(10)11/h1-7H,(H,13,14)/p-1. The van der Waals surface area contributed by atoms with Crippen molar-refractivity contribution in [1.82, 2.24) is 0 Å². The van der Waals surface area contributed by atoms with Gasteiger partial charge >= 0.3 is 0 Å². The van der Waals surface area contributed by atoms with Crippen LogP contribution < -0.4 is 0 Å². The molecule has 3 rings (SSSR count). The van der Waals surface area contributed by atoms with E-state index in [1.165, 1.54) is 0 Å². The summed E-state index contributed by atoms with van der Waals surface area (Å²) >= 11 is -2.16. The van der Waals surface area contributed by atoms with Gasteiger partial charge in [0.25, 0.3) is 0 Å². The maximum absolute atomic E-state index is 11.0. The highest BCUT2D eigenvalue weighted by Gasteiger charge is 2.24. The summed E-state index contributed by atoms with van der Waals surface area (Å²) in [5.41, 5.74) is 4.07. The second-order valence-electron chi connectivity index (χ2n) is 3.46. The Morgan fingerprint density at radius 2 is 1.53 bits per heavy atom. The van der Waals surface area contributed by atoms with Crippen LogP contribution in [0.1, 0.15) is 0 Å². The van der Waals surface area contributed by atoms with Crippen LogP contribution in [0.25, 0.3) is 22.3 Å². The number of hydrogen-bond acceptors (Lipinski definition) is 2. The van der Waals surface area contributed by atoms with Crippen LogP contribution in [-0.4, -0.2) is 8.76 Å². The van der Waals surface area contributed by atoms with Crippen LogP contribution in [0.5, 0.6) is 0 Å². The van der Waals surface area contributed by atoms with Crippen molar-refractivity contribution >= 4 is 11.1 Å². The Hall–Kier alpha value is -1.45. The fourth-order valence-electron chi connectivity index (χ4n) is 2.05. The van der Waals surface area contributed by atoms with Gasteiger partial charge in [-0.15, -0.1) is 0 Å². The molecule has 15 heavy (non-hydrogen) atoms. The van der Waals surface area contributed by atoms with Crippen LogP contribution in [0.4, 0.5) is 0 Å². The molecule has 2 aromatic carbocycles. The first-order valence-electron chi connectivity index (χ1n) is 4.61. The molecule has 0 heterocycles. The zero-order valence-corrected chi connectivity index (χ0v) is 8.58. The molecule has 0 saturated carbocycles. The van der Waals surface area contributed by atoms with Crippen LogP contribution in [0, 0.1) is 0 Å². The predicted molar refractivity (Wildman–Crippen MR) is 58.1 cm³/mol. The topological polar surface area (TPSA) is 40.1 Å². The molecule has 3 heteroatoms. The Morgan fingerprint density at radius 3 is 2.27 bits per heavy atom. The van der Waals surface area contributed by atoms with Gasteiger partial charge in [-0.1, -0.05) is 36.4 Å². The molecule has 0 amide bonds. The molecule has 0 spiro atoms. The van der Waals surface area contributed by atoms with Crippen molar-refractivity contribution in [2.24, 2.45) is 0 Å². The van der Waals surface area contributed by atoms with E-state index in [9.17, 15) is 8.76 Å². The van der Waals surface area contributed by atoms with Gasteiger partial charge in [0.2, 0.25) is 0 Å². The quantitative estimate of drug-likeness (QED) is 0.585. The average molecular weight is 215 g/mol. The highest BCUT2D eigenvalue weighted by molar-refractivity contribution is 7.79. The van der Waals surface area contributed by atoms with E-state index < -0.39 is 11.1 Å². The van der Waals surface area contributed by atoms with E-state index in [0.29, 0.717) is 4.90 Å². The van der Waals surface area contributed by atoms with Crippen LogP contribution in [0.3, 0.4) is 0 Å². The molecule has 1 unspecified atom stereocenters. The maximum atomic E-state index is 11.0. The van der Waals surface area contributed by atoms with Crippen molar-refractivity contribution in [2.45, 2.75) is 4.90 Å². The van der Waals surface area contributed by atoms with Crippen LogP contribution >= 0.6 is 0 Å². The maximum Gasteiger partial charge on any atom is 0.0333 e. The summed E-state index contributed by atoms with van der Waals surface area (Å²) in [4.78, 5) is 0.395. The largest absolute Gasteiger partial charge is 0.768 e. The highest BCUT2D eigenvalue weighted by Crippen LogP contribution is 2.49. The number of fused-ring (bicyclic) bond motifs is 4. The normalized spacial score (nSPS) is 13.7. The molecule has 1 aliphatic carbocycles. The Labute approximate surface area is 89.9 Å². The fraction of sp³-hybridized carbons (Fsp3) is 0. The molecule has 0 aromatic heterocycles. The lowest BCUT2D eigenvalue weighted by atomic mass is 9.81. The van der Waals surface area contributed by atoms with Gasteiger partial charge in [0.15, 0.2) is 0 Å². The smallest absolute Gasteiger partial charge is 0.0333 e.